The zero-order valence-corrected chi connectivity index (χ0v) is 10.6. The molecule has 2 N–H and O–H groups in total. The molecule has 0 aliphatic carbocycles. The molecule has 1 aromatic heterocycles. The van der Waals surface area contributed by atoms with Crippen LogP contribution < -0.4 is 5.73 Å². The molecule has 5 heteroatoms. The number of halogens is 1. The van der Waals surface area contributed by atoms with Crippen molar-refractivity contribution in [2.24, 2.45) is 5.73 Å². The van der Waals surface area contributed by atoms with Crippen molar-refractivity contribution in [2.45, 2.75) is 32.9 Å². The lowest BCUT2D eigenvalue weighted by Gasteiger charge is -2.14. The van der Waals surface area contributed by atoms with Crippen LogP contribution in [0.15, 0.2) is 24.5 Å². The van der Waals surface area contributed by atoms with E-state index in [1.54, 1.807) is 10.7 Å². The predicted octanol–water partition coefficient (Wildman–Crippen LogP) is 1.99. The third-order valence-electron chi connectivity index (χ3n) is 3.04. The van der Waals surface area contributed by atoms with Gasteiger partial charge in [-0.25, -0.2) is 9.37 Å². The second kappa shape index (κ2) is 5.27. The van der Waals surface area contributed by atoms with Gasteiger partial charge in [0, 0.05) is 19.0 Å². The van der Waals surface area contributed by atoms with Crippen LogP contribution in [0.4, 0.5) is 4.39 Å². The monoisotopic (exact) mass is 248 g/mol. The largest absolute Gasteiger partial charge is 0.324 e. The summed E-state index contributed by atoms with van der Waals surface area (Å²) in [4.78, 5) is 4.18. The molecule has 0 spiro atoms. The summed E-state index contributed by atoms with van der Waals surface area (Å²) in [6.45, 7) is 4.68. The Kier molecular flexibility index (Phi) is 3.72. The summed E-state index contributed by atoms with van der Waals surface area (Å²) >= 11 is 0. The summed E-state index contributed by atoms with van der Waals surface area (Å²) in [7, 11) is 0. The van der Waals surface area contributed by atoms with E-state index in [9.17, 15) is 4.39 Å². The summed E-state index contributed by atoms with van der Waals surface area (Å²) in [5, 5.41) is 4.10. The van der Waals surface area contributed by atoms with Gasteiger partial charge >= 0.3 is 0 Å². The highest BCUT2D eigenvalue weighted by atomic mass is 19.1. The molecule has 0 saturated carbocycles. The first kappa shape index (κ1) is 12.7. The highest BCUT2D eigenvalue weighted by Crippen LogP contribution is 2.20. The Morgan fingerprint density at radius 2 is 2.22 bits per heavy atom. The molecular weight excluding hydrogens is 231 g/mol. The Hall–Kier alpha value is -1.75. The van der Waals surface area contributed by atoms with E-state index < -0.39 is 0 Å². The van der Waals surface area contributed by atoms with E-state index in [0.717, 1.165) is 23.5 Å². The zero-order chi connectivity index (χ0) is 13.1. The summed E-state index contributed by atoms with van der Waals surface area (Å²) < 4.78 is 15.0. The lowest BCUT2D eigenvalue weighted by Crippen LogP contribution is -2.18. The molecule has 0 aliphatic rings. The van der Waals surface area contributed by atoms with E-state index in [0.29, 0.717) is 6.42 Å². The van der Waals surface area contributed by atoms with Gasteiger partial charge in [0.2, 0.25) is 0 Å². The number of aryl methyl sites for hydroxylation is 2. The highest BCUT2D eigenvalue weighted by Gasteiger charge is 2.14. The molecule has 18 heavy (non-hydrogen) atoms. The SMILES string of the molecule is CCn1ncnc1CC(N)c1cc(F)ccc1C. The third-order valence-corrected chi connectivity index (χ3v) is 3.04. The van der Waals surface area contributed by atoms with Crippen LogP contribution in [0.1, 0.15) is 29.9 Å². The summed E-state index contributed by atoms with van der Waals surface area (Å²) in [5.41, 5.74) is 7.94. The van der Waals surface area contributed by atoms with Crippen LogP contribution in [0, 0.1) is 12.7 Å². The summed E-state index contributed by atoms with van der Waals surface area (Å²) in [6.07, 6.45) is 2.07. The average Bonchev–Trinajstić information content (AvgIpc) is 2.79. The topological polar surface area (TPSA) is 56.7 Å². The fraction of sp³-hybridized carbons (Fsp3) is 0.385. The molecule has 1 aromatic carbocycles. The minimum Gasteiger partial charge on any atom is -0.324 e. The minimum absolute atomic E-state index is 0.261. The molecule has 4 nitrogen and oxygen atoms in total. The van der Waals surface area contributed by atoms with E-state index in [2.05, 4.69) is 10.1 Å². The quantitative estimate of drug-likeness (QED) is 0.900. The molecule has 0 bridgehead atoms. The molecule has 2 aromatic rings. The number of benzene rings is 1. The normalized spacial score (nSPS) is 12.7. The zero-order valence-electron chi connectivity index (χ0n) is 10.6. The van der Waals surface area contributed by atoms with Crippen LogP contribution in [-0.2, 0) is 13.0 Å². The highest BCUT2D eigenvalue weighted by molar-refractivity contribution is 5.29. The number of hydrogen-bond donors (Lipinski definition) is 1. The van der Waals surface area contributed by atoms with Gasteiger partial charge in [-0.2, -0.15) is 5.10 Å². The summed E-state index contributed by atoms with van der Waals surface area (Å²) in [5.74, 6) is 0.566. The first-order chi connectivity index (χ1) is 8.61. The van der Waals surface area contributed by atoms with Crippen molar-refractivity contribution in [3.05, 3.63) is 47.3 Å². The van der Waals surface area contributed by atoms with Crippen LogP contribution in [0.3, 0.4) is 0 Å². The molecule has 0 aliphatic heterocycles. The average molecular weight is 248 g/mol. The maximum atomic E-state index is 13.2. The van der Waals surface area contributed by atoms with E-state index in [1.807, 2.05) is 13.8 Å². The van der Waals surface area contributed by atoms with E-state index in [-0.39, 0.29) is 11.9 Å². The molecule has 0 amide bonds. The smallest absolute Gasteiger partial charge is 0.138 e. The molecule has 2 rings (SSSR count). The van der Waals surface area contributed by atoms with Gasteiger partial charge in [-0.05, 0) is 37.1 Å². The van der Waals surface area contributed by atoms with E-state index in [1.165, 1.54) is 18.5 Å². The van der Waals surface area contributed by atoms with Crippen molar-refractivity contribution >= 4 is 0 Å². The molecule has 1 atom stereocenters. The fourth-order valence-electron chi connectivity index (χ4n) is 2.03. The van der Waals surface area contributed by atoms with Crippen LogP contribution in [0.2, 0.25) is 0 Å². The van der Waals surface area contributed by atoms with Gasteiger partial charge in [0.25, 0.3) is 0 Å². The van der Waals surface area contributed by atoms with Crippen LogP contribution in [0.25, 0.3) is 0 Å². The first-order valence-electron chi connectivity index (χ1n) is 6.00. The number of nitrogens with two attached hydrogens (primary N) is 1. The Labute approximate surface area is 106 Å². The Morgan fingerprint density at radius 1 is 1.44 bits per heavy atom. The van der Waals surface area contributed by atoms with Crippen molar-refractivity contribution in [2.75, 3.05) is 0 Å². The van der Waals surface area contributed by atoms with Crippen molar-refractivity contribution in [1.82, 2.24) is 14.8 Å². The molecule has 1 heterocycles. The lowest BCUT2D eigenvalue weighted by atomic mass is 9.99. The molecule has 1 unspecified atom stereocenters. The van der Waals surface area contributed by atoms with Gasteiger partial charge in [0.05, 0.1) is 0 Å². The maximum Gasteiger partial charge on any atom is 0.138 e. The molecule has 96 valence electrons. The number of hydrogen-bond acceptors (Lipinski definition) is 3. The van der Waals surface area contributed by atoms with Crippen LogP contribution in [0.5, 0.6) is 0 Å². The Morgan fingerprint density at radius 3 is 2.94 bits per heavy atom. The molecule has 0 saturated heterocycles. The number of rotatable bonds is 4. The van der Waals surface area contributed by atoms with Crippen LogP contribution in [-0.4, -0.2) is 14.8 Å². The number of aromatic nitrogens is 3. The van der Waals surface area contributed by atoms with Crippen molar-refractivity contribution in [3.63, 3.8) is 0 Å². The van der Waals surface area contributed by atoms with Gasteiger partial charge < -0.3 is 5.73 Å². The predicted molar refractivity (Wildman–Crippen MR) is 67.5 cm³/mol. The standard InChI is InChI=1S/C13H17FN4/c1-3-18-13(16-8-17-18)7-12(15)11-6-10(14)5-4-9(11)2/h4-6,8,12H,3,7,15H2,1-2H3. The molecular formula is C13H17FN4. The van der Waals surface area contributed by atoms with Gasteiger partial charge in [-0.15, -0.1) is 0 Å². The summed E-state index contributed by atoms with van der Waals surface area (Å²) in [6, 6.07) is 4.41. The van der Waals surface area contributed by atoms with E-state index >= 15 is 0 Å². The fourth-order valence-corrected chi connectivity index (χ4v) is 2.03. The molecule has 0 radical (unpaired) electrons. The Bertz CT molecular complexity index is 536. The second-order valence-corrected chi connectivity index (χ2v) is 4.30. The molecule has 0 fully saturated rings. The van der Waals surface area contributed by atoms with Gasteiger partial charge in [0.15, 0.2) is 0 Å². The third kappa shape index (κ3) is 2.56. The van der Waals surface area contributed by atoms with Crippen molar-refractivity contribution in [3.8, 4) is 0 Å². The Balaban J connectivity index is 2.21. The van der Waals surface area contributed by atoms with Crippen molar-refractivity contribution in [1.29, 1.82) is 0 Å². The van der Waals surface area contributed by atoms with Crippen molar-refractivity contribution < 1.29 is 4.39 Å². The van der Waals surface area contributed by atoms with Gasteiger partial charge in [0.1, 0.15) is 18.0 Å². The van der Waals surface area contributed by atoms with Gasteiger partial charge in [-0.3, -0.25) is 4.68 Å². The number of nitrogens with zero attached hydrogens (tertiary/aromatic N) is 3. The van der Waals surface area contributed by atoms with Gasteiger partial charge in [-0.1, -0.05) is 6.07 Å². The second-order valence-electron chi connectivity index (χ2n) is 4.30. The van der Waals surface area contributed by atoms with Crippen LogP contribution >= 0.6 is 0 Å². The minimum atomic E-state index is -0.268. The maximum absolute atomic E-state index is 13.2. The first-order valence-corrected chi connectivity index (χ1v) is 6.00. The lowest BCUT2D eigenvalue weighted by molar-refractivity contribution is 0.575. The van der Waals surface area contributed by atoms with E-state index in [4.69, 9.17) is 5.73 Å².